The van der Waals surface area contributed by atoms with Crippen molar-refractivity contribution in [2.24, 2.45) is 5.92 Å². The molecule has 0 bridgehead atoms. The van der Waals surface area contributed by atoms with Crippen LogP contribution in [-0.4, -0.2) is 23.7 Å². The van der Waals surface area contributed by atoms with Crippen LogP contribution in [0.4, 0.5) is 4.79 Å². The number of amides is 1. The summed E-state index contributed by atoms with van der Waals surface area (Å²) in [6.07, 6.45) is 5.15. The molecule has 0 aliphatic heterocycles. The molecule has 0 radical (unpaired) electrons. The number of hydrogen-bond acceptors (Lipinski definition) is 4. The van der Waals surface area contributed by atoms with Crippen LogP contribution in [0.2, 0.25) is 0 Å². The summed E-state index contributed by atoms with van der Waals surface area (Å²) in [4.78, 5) is 24.3. The van der Waals surface area contributed by atoms with E-state index in [1.165, 1.54) is 0 Å². The maximum atomic E-state index is 12.4. The van der Waals surface area contributed by atoms with Crippen molar-refractivity contribution in [3.63, 3.8) is 0 Å². The van der Waals surface area contributed by atoms with E-state index in [0.717, 1.165) is 11.1 Å². The predicted octanol–water partition coefficient (Wildman–Crippen LogP) is 3.65. The molecule has 1 amide bonds. The van der Waals surface area contributed by atoms with Crippen LogP contribution in [0.5, 0.6) is 0 Å². The van der Waals surface area contributed by atoms with Gasteiger partial charge in [0.1, 0.15) is 18.2 Å². The van der Waals surface area contributed by atoms with Crippen LogP contribution in [0, 0.1) is 18.3 Å². The molecule has 1 N–H and O–H groups in total. The minimum absolute atomic E-state index is 0.119. The number of benzene rings is 1. The fourth-order valence-electron chi connectivity index (χ4n) is 2.09. The highest BCUT2D eigenvalue weighted by Crippen LogP contribution is 2.12. The molecule has 0 saturated carbocycles. The molecule has 0 spiro atoms. The zero-order valence-corrected chi connectivity index (χ0v) is 15.6. The van der Waals surface area contributed by atoms with Gasteiger partial charge in [-0.25, -0.2) is 9.59 Å². The Morgan fingerprint density at radius 2 is 1.80 bits per heavy atom. The first kappa shape index (κ1) is 20.6. The van der Waals surface area contributed by atoms with Crippen LogP contribution in [0.1, 0.15) is 52.2 Å². The molecule has 0 aliphatic carbocycles. The van der Waals surface area contributed by atoms with Gasteiger partial charge in [0.15, 0.2) is 0 Å². The van der Waals surface area contributed by atoms with E-state index in [-0.39, 0.29) is 12.5 Å². The van der Waals surface area contributed by atoms with E-state index in [0.29, 0.717) is 6.42 Å². The van der Waals surface area contributed by atoms with Crippen LogP contribution in [0.3, 0.4) is 0 Å². The molecule has 1 rings (SSSR count). The maximum Gasteiger partial charge on any atom is 0.408 e. The number of carbonyl (C=O) groups excluding carboxylic acids is 2. The second-order valence-electron chi connectivity index (χ2n) is 7.28. The lowest BCUT2D eigenvalue weighted by molar-refractivity contribution is -0.148. The Bertz CT molecular complexity index is 621. The molecular formula is C20H27NO4. The molecule has 136 valence electrons. The third-order valence-electron chi connectivity index (χ3n) is 3.18. The highest BCUT2D eigenvalue weighted by molar-refractivity contribution is 5.81. The molecular weight excluding hydrogens is 318 g/mol. The van der Waals surface area contributed by atoms with Crippen LogP contribution in [0.15, 0.2) is 24.3 Å². The molecule has 25 heavy (non-hydrogen) atoms. The number of esters is 1. The Labute approximate surface area is 150 Å². The summed E-state index contributed by atoms with van der Waals surface area (Å²) >= 11 is 0. The van der Waals surface area contributed by atoms with Gasteiger partial charge in [-0.1, -0.05) is 31.9 Å². The lowest BCUT2D eigenvalue weighted by Gasteiger charge is -2.23. The van der Waals surface area contributed by atoms with Crippen molar-refractivity contribution >= 4 is 12.1 Å². The van der Waals surface area contributed by atoms with Gasteiger partial charge in [0.2, 0.25) is 0 Å². The summed E-state index contributed by atoms with van der Waals surface area (Å²) in [5, 5.41) is 2.60. The van der Waals surface area contributed by atoms with Crippen molar-refractivity contribution in [1.29, 1.82) is 0 Å². The molecule has 1 aromatic carbocycles. The Hall–Kier alpha value is -2.48. The van der Waals surface area contributed by atoms with Crippen molar-refractivity contribution in [3.05, 3.63) is 35.4 Å². The number of nitrogens with one attached hydrogen (secondary N) is 1. The van der Waals surface area contributed by atoms with E-state index in [4.69, 9.17) is 15.9 Å². The van der Waals surface area contributed by atoms with Gasteiger partial charge in [0.25, 0.3) is 0 Å². The highest BCUT2D eigenvalue weighted by Gasteiger charge is 2.26. The summed E-state index contributed by atoms with van der Waals surface area (Å²) in [7, 11) is 0. The Balaban J connectivity index is 2.66. The Morgan fingerprint density at radius 3 is 2.28 bits per heavy atom. The number of terminal acetylenes is 1. The van der Waals surface area contributed by atoms with Crippen molar-refractivity contribution in [1.82, 2.24) is 5.32 Å². The van der Waals surface area contributed by atoms with Gasteiger partial charge in [-0.15, -0.1) is 6.42 Å². The number of carbonyl (C=O) groups is 2. The molecule has 1 atom stereocenters. The second-order valence-corrected chi connectivity index (χ2v) is 7.28. The fourth-order valence-corrected chi connectivity index (χ4v) is 2.09. The monoisotopic (exact) mass is 345 g/mol. The molecule has 0 fully saturated rings. The minimum atomic E-state index is -0.750. The topological polar surface area (TPSA) is 64.6 Å². The van der Waals surface area contributed by atoms with Gasteiger partial charge in [0, 0.05) is 5.56 Å². The van der Waals surface area contributed by atoms with Crippen LogP contribution >= 0.6 is 0 Å². The SMILES string of the molecule is C#Cc1ccc(COC(=O)C(CC(C)C)NC(=O)OC(C)(C)C)cc1. The molecule has 0 aromatic heterocycles. The van der Waals surface area contributed by atoms with Crippen LogP contribution in [-0.2, 0) is 20.9 Å². The fraction of sp³-hybridized carbons (Fsp3) is 0.500. The third kappa shape index (κ3) is 8.25. The van der Waals surface area contributed by atoms with E-state index in [1.54, 1.807) is 45.0 Å². The van der Waals surface area contributed by atoms with Gasteiger partial charge >= 0.3 is 12.1 Å². The van der Waals surface area contributed by atoms with Crippen molar-refractivity contribution in [2.75, 3.05) is 0 Å². The van der Waals surface area contributed by atoms with E-state index < -0.39 is 23.7 Å². The third-order valence-corrected chi connectivity index (χ3v) is 3.18. The van der Waals surface area contributed by atoms with E-state index >= 15 is 0 Å². The Kier molecular flexibility index (Phi) is 7.50. The lowest BCUT2D eigenvalue weighted by Crippen LogP contribution is -2.44. The van der Waals surface area contributed by atoms with E-state index in [9.17, 15) is 9.59 Å². The largest absolute Gasteiger partial charge is 0.459 e. The zero-order valence-electron chi connectivity index (χ0n) is 15.6. The zero-order chi connectivity index (χ0) is 19.0. The summed E-state index contributed by atoms with van der Waals surface area (Å²) < 4.78 is 10.5. The number of hydrogen-bond donors (Lipinski definition) is 1. The van der Waals surface area contributed by atoms with Gasteiger partial charge in [-0.2, -0.15) is 0 Å². The first-order valence-corrected chi connectivity index (χ1v) is 8.32. The number of alkyl carbamates (subject to hydrolysis) is 1. The lowest BCUT2D eigenvalue weighted by atomic mass is 10.0. The summed E-state index contributed by atoms with van der Waals surface area (Å²) in [6.45, 7) is 9.35. The second kappa shape index (κ2) is 9.12. The predicted molar refractivity (Wildman–Crippen MR) is 96.8 cm³/mol. The average molecular weight is 345 g/mol. The molecule has 1 aromatic rings. The molecule has 0 heterocycles. The minimum Gasteiger partial charge on any atom is -0.459 e. The van der Waals surface area contributed by atoms with Crippen LogP contribution < -0.4 is 5.32 Å². The van der Waals surface area contributed by atoms with Gasteiger partial charge < -0.3 is 14.8 Å². The summed E-state index contributed by atoms with van der Waals surface area (Å²) in [5.74, 6) is 2.25. The molecule has 0 saturated heterocycles. The van der Waals surface area contributed by atoms with Crippen molar-refractivity contribution in [2.45, 2.75) is 59.3 Å². The Morgan fingerprint density at radius 1 is 1.20 bits per heavy atom. The molecule has 5 nitrogen and oxygen atoms in total. The summed E-state index contributed by atoms with van der Waals surface area (Å²) in [6, 6.07) is 6.43. The summed E-state index contributed by atoms with van der Waals surface area (Å²) in [5.41, 5.74) is 0.960. The van der Waals surface area contributed by atoms with E-state index in [2.05, 4.69) is 11.2 Å². The highest BCUT2D eigenvalue weighted by atomic mass is 16.6. The standard InChI is InChI=1S/C20H27NO4/c1-7-15-8-10-16(11-9-15)13-24-18(22)17(12-14(2)3)21-19(23)25-20(4,5)6/h1,8-11,14,17H,12-13H2,2-6H3,(H,21,23). The quantitative estimate of drug-likeness (QED) is 0.631. The normalized spacial score (nSPS) is 12.2. The number of ether oxygens (including phenoxy) is 2. The van der Waals surface area contributed by atoms with Crippen molar-refractivity contribution in [3.8, 4) is 12.3 Å². The van der Waals surface area contributed by atoms with Gasteiger partial charge in [0.05, 0.1) is 0 Å². The molecule has 1 unspecified atom stereocenters. The van der Waals surface area contributed by atoms with Gasteiger partial charge in [-0.05, 0) is 50.8 Å². The van der Waals surface area contributed by atoms with E-state index in [1.807, 2.05) is 13.8 Å². The molecule has 0 aliphatic rings. The average Bonchev–Trinajstić information content (AvgIpc) is 2.50. The van der Waals surface area contributed by atoms with Crippen molar-refractivity contribution < 1.29 is 19.1 Å². The smallest absolute Gasteiger partial charge is 0.408 e. The van der Waals surface area contributed by atoms with Gasteiger partial charge in [-0.3, -0.25) is 0 Å². The first-order valence-electron chi connectivity index (χ1n) is 8.32. The maximum absolute atomic E-state index is 12.4. The first-order chi connectivity index (χ1) is 11.6. The number of rotatable bonds is 6. The van der Waals surface area contributed by atoms with Crippen LogP contribution in [0.25, 0.3) is 0 Å². The molecule has 5 heteroatoms.